The number of nitrogens with zero attached hydrogens (tertiary/aromatic N) is 1. The Morgan fingerprint density at radius 1 is 1.30 bits per heavy atom. The van der Waals surface area contributed by atoms with Crippen LogP contribution >= 0.6 is 0 Å². The maximum absolute atomic E-state index is 11.4. The zero-order valence-electron chi connectivity index (χ0n) is 10.5. The summed E-state index contributed by atoms with van der Waals surface area (Å²) in [6.45, 7) is 0. The van der Waals surface area contributed by atoms with Gasteiger partial charge < -0.3 is 9.72 Å². The van der Waals surface area contributed by atoms with Crippen LogP contribution < -0.4 is 5.56 Å². The quantitative estimate of drug-likeness (QED) is 0.521. The van der Waals surface area contributed by atoms with E-state index in [2.05, 4.69) is 9.72 Å². The third-order valence-corrected chi connectivity index (χ3v) is 2.67. The van der Waals surface area contributed by atoms with Crippen molar-refractivity contribution in [3.8, 4) is 11.3 Å². The summed E-state index contributed by atoms with van der Waals surface area (Å²) in [4.78, 5) is 35.6. The van der Waals surface area contributed by atoms with E-state index in [1.54, 1.807) is 6.07 Å². The second-order valence-electron chi connectivity index (χ2n) is 3.91. The molecule has 0 atom stereocenters. The largest absolute Gasteiger partial charge is 0.465 e. The molecule has 0 unspecified atom stereocenters. The molecule has 7 nitrogen and oxygen atoms in total. The van der Waals surface area contributed by atoms with Gasteiger partial charge in [-0.15, -0.1) is 0 Å². The van der Waals surface area contributed by atoms with Crippen molar-refractivity contribution in [3.05, 3.63) is 62.4 Å². The number of hydrogen-bond donors (Lipinski definition) is 1. The standard InChI is InChI=1S/C13H10N2O5/c1-20-13(17)8-5-6-9(11(7-8)15(18)19)10-3-2-4-12(16)14-10/h2-7H,1H3,(H,14,16). The molecule has 0 aliphatic rings. The van der Waals surface area contributed by atoms with Crippen LogP contribution in [0.4, 0.5) is 5.69 Å². The predicted molar refractivity (Wildman–Crippen MR) is 70.5 cm³/mol. The molecular weight excluding hydrogens is 264 g/mol. The van der Waals surface area contributed by atoms with Crippen LogP contribution in [-0.4, -0.2) is 23.0 Å². The van der Waals surface area contributed by atoms with Gasteiger partial charge in [-0.3, -0.25) is 14.9 Å². The van der Waals surface area contributed by atoms with Gasteiger partial charge in [-0.2, -0.15) is 0 Å². The highest BCUT2D eigenvalue weighted by atomic mass is 16.6. The Balaban J connectivity index is 2.62. The van der Waals surface area contributed by atoms with Crippen LogP contribution in [-0.2, 0) is 4.74 Å². The van der Waals surface area contributed by atoms with Crippen molar-refractivity contribution in [2.24, 2.45) is 0 Å². The molecule has 0 saturated heterocycles. The second-order valence-corrected chi connectivity index (χ2v) is 3.91. The number of hydrogen-bond acceptors (Lipinski definition) is 5. The third-order valence-electron chi connectivity index (χ3n) is 2.67. The number of pyridine rings is 1. The van der Waals surface area contributed by atoms with Gasteiger partial charge in [0.1, 0.15) is 0 Å². The van der Waals surface area contributed by atoms with Gasteiger partial charge in [0.05, 0.1) is 28.9 Å². The zero-order valence-corrected chi connectivity index (χ0v) is 10.5. The van der Waals surface area contributed by atoms with Gasteiger partial charge in [0.25, 0.3) is 5.69 Å². The number of nitro groups is 1. The van der Waals surface area contributed by atoms with E-state index in [1.807, 2.05) is 0 Å². The second kappa shape index (κ2) is 5.35. The average molecular weight is 274 g/mol. The first-order valence-corrected chi connectivity index (χ1v) is 5.59. The maximum Gasteiger partial charge on any atom is 0.338 e. The number of esters is 1. The molecule has 102 valence electrons. The zero-order chi connectivity index (χ0) is 14.7. The molecule has 1 aromatic carbocycles. The average Bonchev–Trinajstić information content (AvgIpc) is 2.45. The van der Waals surface area contributed by atoms with E-state index >= 15 is 0 Å². The topological polar surface area (TPSA) is 102 Å². The molecule has 0 aliphatic carbocycles. The molecule has 0 aliphatic heterocycles. The minimum atomic E-state index is -0.666. The number of aromatic amines is 1. The van der Waals surface area contributed by atoms with E-state index in [1.165, 1.54) is 31.4 Å². The van der Waals surface area contributed by atoms with E-state index in [9.17, 15) is 19.7 Å². The molecule has 0 saturated carbocycles. The summed E-state index contributed by atoms with van der Waals surface area (Å²) in [6, 6.07) is 8.26. The Morgan fingerprint density at radius 3 is 2.65 bits per heavy atom. The lowest BCUT2D eigenvalue weighted by Crippen LogP contribution is -2.06. The number of nitrogens with one attached hydrogen (secondary N) is 1. The molecule has 2 rings (SSSR count). The fourth-order valence-corrected chi connectivity index (χ4v) is 1.76. The molecule has 1 heterocycles. The van der Waals surface area contributed by atoms with Crippen molar-refractivity contribution in [1.82, 2.24) is 4.98 Å². The van der Waals surface area contributed by atoms with Gasteiger partial charge in [0.15, 0.2) is 0 Å². The number of ether oxygens (including phenoxy) is 1. The minimum Gasteiger partial charge on any atom is -0.465 e. The molecule has 1 aromatic heterocycles. The third kappa shape index (κ3) is 2.56. The predicted octanol–water partition coefficient (Wildman–Crippen LogP) is 1.74. The summed E-state index contributed by atoms with van der Waals surface area (Å²) < 4.78 is 4.52. The number of aromatic nitrogens is 1. The Labute approximate surface area is 113 Å². The number of nitro benzene ring substituents is 1. The van der Waals surface area contributed by atoms with E-state index in [0.29, 0.717) is 5.69 Å². The fraction of sp³-hybridized carbons (Fsp3) is 0.0769. The SMILES string of the molecule is COC(=O)c1ccc(-c2cccc(=O)[nH]2)c([N+](=O)[O-])c1. The number of carbonyl (C=O) groups is 1. The van der Waals surface area contributed by atoms with Gasteiger partial charge in [0.2, 0.25) is 5.56 Å². The number of methoxy groups -OCH3 is 1. The molecule has 1 N–H and O–H groups in total. The summed E-state index contributed by atoms with van der Waals surface area (Å²) >= 11 is 0. The summed E-state index contributed by atoms with van der Waals surface area (Å²) in [5, 5.41) is 11.1. The lowest BCUT2D eigenvalue weighted by Gasteiger charge is -2.05. The lowest BCUT2D eigenvalue weighted by molar-refractivity contribution is -0.384. The number of rotatable bonds is 3. The van der Waals surface area contributed by atoms with Crippen LogP contribution in [0.3, 0.4) is 0 Å². The summed E-state index contributed by atoms with van der Waals surface area (Å²) in [7, 11) is 1.19. The molecule has 2 aromatic rings. The van der Waals surface area contributed by atoms with Crippen molar-refractivity contribution >= 4 is 11.7 Å². The first-order valence-electron chi connectivity index (χ1n) is 5.59. The van der Waals surface area contributed by atoms with Crippen LogP contribution in [0, 0.1) is 10.1 Å². The number of H-pyrrole nitrogens is 1. The van der Waals surface area contributed by atoms with Gasteiger partial charge >= 0.3 is 5.97 Å². The highest BCUT2D eigenvalue weighted by molar-refractivity contribution is 5.91. The molecule has 0 fully saturated rings. The Bertz CT molecular complexity index is 736. The smallest absolute Gasteiger partial charge is 0.338 e. The summed E-state index contributed by atoms with van der Waals surface area (Å²) in [6.07, 6.45) is 0. The Morgan fingerprint density at radius 2 is 2.05 bits per heavy atom. The van der Waals surface area contributed by atoms with Crippen molar-refractivity contribution in [2.45, 2.75) is 0 Å². The highest BCUT2D eigenvalue weighted by Gasteiger charge is 2.19. The number of benzene rings is 1. The van der Waals surface area contributed by atoms with Crippen LogP contribution in [0.15, 0.2) is 41.2 Å². The van der Waals surface area contributed by atoms with E-state index < -0.39 is 10.9 Å². The maximum atomic E-state index is 11.4. The van der Waals surface area contributed by atoms with Crippen molar-refractivity contribution in [2.75, 3.05) is 7.11 Å². The molecule has 0 radical (unpaired) electrons. The van der Waals surface area contributed by atoms with Gasteiger partial charge in [-0.1, -0.05) is 6.07 Å². The highest BCUT2D eigenvalue weighted by Crippen LogP contribution is 2.29. The molecule has 0 amide bonds. The Kier molecular flexibility index (Phi) is 3.60. The molecular formula is C13H10N2O5. The molecule has 0 spiro atoms. The van der Waals surface area contributed by atoms with E-state index in [4.69, 9.17) is 0 Å². The molecule has 0 bridgehead atoms. The van der Waals surface area contributed by atoms with Crippen LogP contribution in [0.1, 0.15) is 10.4 Å². The van der Waals surface area contributed by atoms with E-state index in [-0.39, 0.29) is 22.4 Å². The van der Waals surface area contributed by atoms with Gasteiger partial charge in [0, 0.05) is 12.1 Å². The number of carbonyl (C=O) groups excluding carboxylic acids is 1. The first kappa shape index (κ1) is 13.5. The van der Waals surface area contributed by atoms with Gasteiger partial charge in [-0.05, 0) is 18.2 Å². The summed E-state index contributed by atoms with van der Waals surface area (Å²) in [5.41, 5.74) is -0.0502. The van der Waals surface area contributed by atoms with Crippen molar-refractivity contribution in [3.63, 3.8) is 0 Å². The van der Waals surface area contributed by atoms with Crippen LogP contribution in [0.25, 0.3) is 11.3 Å². The fourth-order valence-electron chi connectivity index (χ4n) is 1.76. The van der Waals surface area contributed by atoms with E-state index in [0.717, 1.165) is 6.07 Å². The minimum absolute atomic E-state index is 0.0706. The monoisotopic (exact) mass is 274 g/mol. The van der Waals surface area contributed by atoms with Crippen molar-refractivity contribution in [1.29, 1.82) is 0 Å². The van der Waals surface area contributed by atoms with Crippen molar-refractivity contribution < 1.29 is 14.5 Å². The first-order chi connectivity index (χ1) is 9.52. The molecule has 20 heavy (non-hydrogen) atoms. The van der Waals surface area contributed by atoms with Crippen LogP contribution in [0.2, 0.25) is 0 Å². The Hall–Kier alpha value is -2.96. The summed E-state index contributed by atoms with van der Waals surface area (Å²) in [5.74, 6) is -0.666. The van der Waals surface area contributed by atoms with Gasteiger partial charge in [-0.25, -0.2) is 4.79 Å². The van der Waals surface area contributed by atoms with Crippen LogP contribution in [0.5, 0.6) is 0 Å². The normalized spacial score (nSPS) is 10.1. The lowest BCUT2D eigenvalue weighted by atomic mass is 10.1. The molecule has 7 heteroatoms.